The minimum absolute atomic E-state index is 0.0738. The second kappa shape index (κ2) is 10.4. The fourth-order valence-electron chi connectivity index (χ4n) is 4.72. The molecule has 0 bridgehead atoms. The van der Waals surface area contributed by atoms with Gasteiger partial charge in [-0.15, -0.1) is 0 Å². The molecule has 0 aromatic heterocycles. The Morgan fingerprint density at radius 2 is 1.00 bits per heavy atom. The van der Waals surface area contributed by atoms with Gasteiger partial charge in [0.2, 0.25) is 11.8 Å². The number of benzene rings is 4. The van der Waals surface area contributed by atoms with Gasteiger partial charge in [0.05, 0.1) is 11.4 Å². The predicted octanol–water partition coefficient (Wildman–Crippen LogP) is 5.86. The fourth-order valence-corrected chi connectivity index (χ4v) is 4.72. The van der Waals surface area contributed by atoms with Crippen LogP contribution in [0.2, 0.25) is 0 Å². The van der Waals surface area contributed by atoms with Gasteiger partial charge < -0.3 is 0 Å². The average molecular weight is 489 g/mol. The quantitative estimate of drug-likeness (QED) is 0.241. The average Bonchev–Trinajstić information content (AvgIpc) is 2.94. The van der Waals surface area contributed by atoms with E-state index >= 15 is 0 Å². The molecule has 0 N–H and O–H groups in total. The number of Topliss-reactive ketones (excluding diaryl/α,β-unsaturated/α-hetero) is 1. The van der Waals surface area contributed by atoms with Crippen molar-refractivity contribution in [1.82, 2.24) is 0 Å². The molecule has 0 aliphatic carbocycles. The molecule has 0 radical (unpaired) electrons. The van der Waals surface area contributed by atoms with E-state index in [0.29, 0.717) is 22.5 Å². The van der Waals surface area contributed by atoms with Gasteiger partial charge in [-0.2, -0.15) is 0 Å². The lowest BCUT2D eigenvalue weighted by molar-refractivity contribution is -0.133. The van der Waals surface area contributed by atoms with Crippen LogP contribution < -0.4 is 9.80 Å². The lowest BCUT2D eigenvalue weighted by atomic mass is 9.78. The zero-order valence-electron chi connectivity index (χ0n) is 19.9. The van der Waals surface area contributed by atoms with E-state index in [2.05, 4.69) is 0 Å². The van der Waals surface area contributed by atoms with Crippen molar-refractivity contribution in [3.8, 4) is 0 Å². The summed E-state index contributed by atoms with van der Waals surface area (Å²) >= 11 is 0. The first-order valence-electron chi connectivity index (χ1n) is 12.0. The number of hydrogen-bond donors (Lipinski definition) is 0. The minimum Gasteiger partial charge on any atom is -0.294 e. The Bertz CT molecular complexity index is 1360. The van der Waals surface area contributed by atoms with Gasteiger partial charge >= 0.3 is 6.03 Å². The third kappa shape index (κ3) is 4.69. The molecule has 4 aromatic carbocycles. The van der Waals surface area contributed by atoms with Crippen LogP contribution in [0.25, 0.3) is 0 Å². The maximum Gasteiger partial charge on any atom is 0.342 e. The van der Waals surface area contributed by atoms with E-state index < -0.39 is 29.7 Å². The molecule has 1 fully saturated rings. The Hall–Kier alpha value is -4.84. The summed E-state index contributed by atoms with van der Waals surface area (Å²) in [6.45, 7) is 0. The molecule has 1 atom stereocenters. The highest BCUT2D eigenvalue weighted by Gasteiger charge is 2.51. The number of hydrogen-bond acceptors (Lipinski definition) is 4. The molecule has 4 aromatic rings. The Morgan fingerprint density at radius 1 is 0.595 bits per heavy atom. The number of barbiturate groups is 1. The van der Waals surface area contributed by atoms with Gasteiger partial charge in [0.1, 0.15) is 5.92 Å². The third-order valence-electron chi connectivity index (χ3n) is 6.52. The number of carbonyl (C=O) groups is 4. The van der Waals surface area contributed by atoms with Gasteiger partial charge in [0.15, 0.2) is 5.78 Å². The van der Waals surface area contributed by atoms with E-state index in [-0.39, 0.29) is 12.2 Å². The molecule has 0 spiro atoms. The monoisotopic (exact) mass is 488 g/mol. The number of urea groups is 1. The normalized spacial score (nSPS) is 15.1. The van der Waals surface area contributed by atoms with Crippen molar-refractivity contribution in [2.45, 2.75) is 12.3 Å². The lowest BCUT2D eigenvalue weighted by Gasteiger charge is -2.39. The van der Waals surface area contributed by atoms with E-state index in [0.717, 1.165) is 9.80 Å². The van der Waals surface area contributed by atoms with Crippen LogP contribution in [0.1, 0.15) is 28.3 Å². The molecule has 1 aliphatic heterocycles. The SMILES string of the molecule is O=C(CC(c1ccccc1)C1C(=O)N(c2ccccc2)C(=O)N(c2ccccc2)C1=O)c1ccccc1. The largest absolute Gasteiger partial charge is 0.342 e. The summed E-state index contributed by atoms with van der Waals surface area (Å²) in [5.74, 6) is -3.55. The van der Waals surface area contributed by atoms with Crippen LogP contribution >= 0.6 is 0 Å². The molecule has 182 valence electrons. The Morgan fingerprint density at radius 3 is 1.46 bits per heavy atom. The molecule has 6 heteroatoms. The zero-order valence-corrected chi connectivity index (χ0v) is 19.9. The van der Waals surface area contributed by atoms with Crippen LogP contribution in [-0.2, 0) is 9.59 Å². The standard InChI is InChI=1S/C31H24N2O4/c34-27(23-15-7-2-8-16-23)21-26(22-13-5-1-6-14-22)28-29(35)32(24-17-9-3-10-18-24)31(37)33(30(28)36)25-19-11-4-12-20-25/h1-20,26,28H,21H2. The van der Waals surface area contributed by atoms with Crippen molar-refractivity contribution in [2.24, 2.45) is 5.92 Å². The first-order valence-corrected chi connectivity index (χ1v) is 12.0. The molecular weight excluding hydrogens is 464 g/mol. The lowest BCUT2D eigenvalue weighted by Crippen LogP contribution is -2.61. The van der Waals surface area contributed by atoms with Crippen molar-refractivity contribution >= 4 is 35.0 Å². The maximum absolute atomic E-state index is 14.0. The molecule has 1 saturated heterocycles. The maximum atomic E-state index is 14.0. The van der Waals surface area contributed by atoms with Crippen molar-refractivity contribution in [3.05, 3.63) is 132 Å². The first-order chi connectivity index (χ1) is 18.1. The molecular formula is C31H24N2O4. The van der Waals surface area contributed by atoms with Crippen LogP contribution in [0, 0.1) is 5.92 Å². The minimum atomic E-state index is -1.28. The molecule has 37 heavy (non-hydrogen) atoms. The number of rotatable bonds is 7. The molecule has 4 amide bonds. The zero-order chi connectivity index (χ0) is 25.8. The summed E-state index contributed by atoms with van der Waals surface area (Å²) in [4.78, 5) is 57.1. The fraction of sp³-hybridized carbons (Fsp3) is 0.0968. The molecule has 5 rings (SSSR count). The summed E-state index contributed by atoms with van der Waals surface area (Å²) in [6, 6.07) is 34.2. The second-order valence-corrected chi connectivity index (χ2v) is 8.79. The van der Waals surface area contributed by atoms with E-state index in [4.69, 9.17) is 0 Å². The highest BCUT2D eigenvalue weighted by atomic mass is 16.2. The summed E-state index contributed by atoms with van der Waals surface area (Å²) in [5.41, 5.74) is 1.89. The number of carbonyl (C=O) groups excluding carboxylic acids is 4. The summed E-state index contributed by atoms with van der Waals surface area (Å²) in [5, 5.41) is 0. The van der Waals surface area contributed by atoms with Crippen LogP contribution in [0.5, 0.6) is 0 Å². The Balaban J connectivity index is 1.63. The number of imide groups is 2. The molecule has 6 nitrogen and oxygen atoms in total. The number of ketones is 1. The Kier molecular flexibility index (Phi) is 6.72. The predicted molar refractivity (Wildman–Crippen MR) is 141 cm³/mol. The van der Waals surface area contributed by atoms with Crippen LogP contribution in [0.4, 0.5) is 16.2 Å². The summed E-state index contributed by atoms with van der Waals surface area (Å²) in [7, 11) is 0. The molecule has 0 saturated carbocycles. The number of nitrogens with zero attached hydrogens (tertiary/aromatic N) is 2. The van der Waals surface area contributed by atoms with Gasteiger partial charge in [0.25, 0.3) is 0 Å². The molecule has 1 heterocycles. The van der Waals surface area contributed by atoms with Crippen molar-refractivity contribution in [2.75, 3.05) is 9.80 Å². The van der Waals surface area contributed by atoms with Crippen molar-refractivity contribution in [1.29, 1.82) is 0 Å². The van der Waals surface area contributed by atoms with Crippen molar-refractivity contribution < 1.29 is 19.2 Å². The van der Waals surface area contributed by atoms with Crippen LogP contribution in [0.3, 0.4) is 0 Å². The van der Waals surface area contributed by atoms with Crippen LogP contribution in [0.15, 0.2) is 121 Å². The van der Waals surface area contributed by atoms with Gasteiger partial charge in [0, 0.05) is 17.9 Å². The van der Waals surface area contributed by atoms with Gasteiger partial charge in [-0.05, 0) is 29.8 Å². The van der Waals surface area contributed by atoms with Gasteiger partial charge in [-0.25, -0.2) is 14.6 Å². The number of anilines is 2. The van der Waals surface area contributed by atoms with Gasteiger partial charge in [-0.3, -0.25) is 14.4 Å². The van der Waals surface area contributed by atoms with E-state index in [1.807, 2.05) is 24.3 Å². The van der Waals surface area contributed by atoms with E-state index in [1.165, 1.54) is 0 Å². The second-order valence-electron chi connectivity index (χ2n) is 8.79. The molecule has 1 aliphatic rings. The third-order valence-corrected chi connectivity index (χ3v) is 6.52. The Labute approximate surface area is 214 Å². The summed E-state index contributed by atoms with van der Waals surface area (Å²) in [6.07, 6.45) is -0.0738. The van der Waals surface area contributed by atoms with Gasteiger partial charge in [-0.1, -0.05) is 97.1 Å². The van der Waals surface area contributed by atoms with Crippen LogP contribution in [-0.4, -0.2) is 23.6 Å². The highest BCUT2D eigenvalue weighted by Crippen LogP contribution is 2.38. The smallest absolute Gasteiger partial charge is 0.294 e. The first kappa shape index (κ1) is 23.9. The van der Waals surface area contributed by atoms with E-state index in [9.17, 15) is 19.2 Å². The number of amides is 4. The van der Waals surface area contributed by atoms with Crippen molar-refractivity contribution in [3.63, 3.8) is 0 Å². The topological polar surface area (TPSA) is 74.8 Å². The van der Waals surface area contributed by atoms with E-state index in [1.54, 1.807) is 97.1 Å². The number of para-hydroxylation sites is 2. The summed E-state index contributed by atoms with van der Waals surface area (Å²) < 4.78 is 0. The molecule has 1 unspecified atom stereocenters. The highest BCUT2D eigenvalue weighted by molar-refractivity contribution is 6.36.